The number of hydrogen-bond acceptors (Lipinski definition) is 4. The third kappa shape index (κ3) is 4.81. The topological polar surface area (TPSA) is 76.1 Å². The number of pyridine rings is 1. The normalized spacial score (nSPS) is 12.4. The van der Waals surface area contributed by atoms with Crippen molar-refractivity contribution in [2.45, 2.75) is 17.1 Å². The smallest absolute Gasteiger partial charge is 0.251 e. The third-order valence-electron chi connectivity index (χ3n) is 4.44. The maximum Gasteiger partial charge on any atom is 0.251 e. The van der Waals surface area contributed by atoms with Gasteiger partial charge in [-0.3, -0.25) is 9.78 Å². The van der Waals surface area contributed by atoms with Gasteiger partial charge in [-0.1, -0.05) is 17.7 Å². The Bertz CT molecular complexity index is 1120. The highest BCUT2D eigenvalue weighted by Crippen LogP contribution is 2.29. The molecule has 0 aliphatic heterocycles. The lowest BCUT2D eigenvalue weighted by atomic mass is 10.2. The first-order valence-corrected chi connectivity index (χ1v) is 10.6. The van der Waals surface area contributed by atoms with E-state index in [1.54, 1.807) is 36.4 Å². The van der Waals surface area contributed by atoms with E-state index in [2.05, 4.69) is 10.3 Å². The van der Waals surface area contributed by atoms with Gasteiger partial charge in [0.05, 0.1) is 4.90 Å². The van der Waals surface area contributed by atoms with Crippen LogP contribution in [0, 0.1) is 12.7 Å². The van der Waals surface area contributed by atoms with Crippen LogP contribution in [0.5, 0.6) is 0 Å². The Hall–Kier alpha value is -2.77. The van der Waals surface area contributed by atoms with Crippen LogP contribution in [0.2, 0.25) is 5.02 Å². The number of carbonyl (C=O) groups is 1. The number of carbonyl (C=O) groups excluding carboxylic acids is 1. The van der Waals surface area contributed by atoms with Crippen LogP contribution in [0.15, 0.2) is 71.9 Å². The molecule has 150 valence electrons. The zero-order valence-corrected chi connectivity index (χ0v) is 17.0. The molecule has 1 heterocycles. The molecule has 29 heavy (non-hydrogen) atoms. The molecule has 0 aliphatic rings. The van der Waals surface area contributed by atoms with Gasteiger partial charge in [-0.15, -0.1) is 0 Å². The Morgan fingerprint density at radius 1 is 1.17 bits per heavy atom. The van der Waals surface area contributed by atoms with Gasteiger partial charge in [-0.25, -0.2) is 12.8 Å². The number of nitrogens with one attached hydrogen (secondary N) is 1. The minimum Gasteiger partial charge on any atom is -0.350 e. The van der Waals surface area contributed by atoms with Gasteiger partial charge in [0, 0.05) is 29.5 Å². The van der Waals surface area contributed by atoms with Crippen LogP contribution in [0.25, 0.3) is 0 Å². The van der Waals surface area contributed by atoms with Crippen LogP contribution in [-0.4, -0.2) is 25.9 Å². The highest BCUT2D eigenvalue weighted by atomic mass is 35.5. The molecule has 0 saturated carbocycles. The summed E-state index contributed by atoms with van der Waals surface area (Å²) in [5, 5.41) is 2.06. The van der Waals surface area contributed by atoms with E-state index < -0.39 is 26.8 Å². The van der Waals surface area contributed by atoms with Crippen LogP contribution in [0.1, 0.15) is 26.7 Å². The summed E-state index contributed by atoms with van der Waals surface area (Å²) >= 11 is 5.83. The highest BCUT2D eigenvalue weighted by Gasteiger charge is 2.30. The van der Waals surface area contributed by atoms with Crippen LogP contribution >= 0.6 is 11.6 Å². The van der Waals surface area contributed by atoms with E-state index >= 15 is 0 Å². The quantitative estimate of drug-likeness (QED) is 0.594. The summed E-state index contributed by atoms with van der Waals surface area (Å²) in [5.74, 6) is -0.918. The molecule has 3 aromatic rings. The average molecular weight is 433 g/mol. The molecule has 8 heteroatoms. The van der Waals surface area contributed by atoms with Crippen molar-refractivity contribution >= 4 is 27.3 Å². The van der Waals surface area contributed by atoms with Crippen molar-refractivity contribution in [1.29, 1.82) is 0 Å². The van der Waals surface area contributed by atoms with E-state index in [1.807, 2.05) is 0 Å². The number of hydrogen-bond donors (Lipinski definition) is 1. The second-order valence-corrected chi connectivity index (χ2v) is 9.01. The average Bonchev–Trinajstić information content (AvgIpc) is 2.71. The van der Waals surface area contributed by atoms with Crippen molar-refractivity contribution in [2.24, 2.45) is 0 Å². The molecule has 2 aromatic carbocycles. The first kappa shape index (κ1) is 21.0. The predicted octanol–water partition coefficient (Wildman–Crippen LogP) is 4.13. The van der Waals surface area contributed by atoms with Crippen molar-refractivity contribution < 1.29 is 17.6 Å². The summed E-state index contributed by atoms with van der Waals surface area (Å²) in [6, 6.07) is 13.1. The summed E-state index contributed by atoms with van der Waals surface area (Å²) < 4.78 is 40.2. The lowest BCUT2D eigenvalue weighted by Crippen LogP contribution is -2.32. The van der Waals surface area contributed by atoms with Gasteiger partial charge < -0.3 is 5.32 Å². The van der Waals surface area contributed by atoms with Crippen LogP contribution in [-0.2, 0) is 9.84 Å². The monoisotopic (exact) mass is 432 g/mol. The van der Waals surface area contributed by atoms with Gasteiger partial charge in [0.2, 0.25) is 0 Å². The molecular formula is C21H18ClFN2O3S. The van der Waals surface area contributed by atoms with Gasteiger partial charge >= 0.3 is 0 Å². The SMILES string of the molecule is Cc1cc(S(=O)(=O)[C@H](CNC(=O)c2ccc(Cl)cc2)c2cccnc2)ccc1F. The van der Waals surface area contributed by atoms with Crippen LogP contribution in [0.3, 0.4) is 0 Å². The summed E-state index contributed by atoms with van der Waals surface area (Å²) in [6.45, 7) is 1.32. The van der Waals surface area contributed by atoms with Crippen LogP contribution < -0.4 is 5.32 Å². The minimum atomic E-state index is -3.92. The van der Waals surface area contributed by atoms with Gasteiger partial charge in [-0.05, 0) is 66.6 Å². The minimum absolute atomic E-state index is 0.0222. The Morgan fingerprint density at radius 2 is 1.90 bits per heavy atom. The Labute approximate surface area is 173 Å². The molecule has 0 fully saturated rings. The molecule has 3 rings (SSSR count). The van der Waals surface area contributed by atoms with Gasteiger partial charge in [-0.2, -0.15) is 0 Å². The fourth-order valence-electron chi connectivity index (χ4n) is 2.82. The molecule has 0 unspecified atom stereocenters. The maximum absolute atomic E-state index is 13.6. The number of halogens is 2. The van der Waals surface area contributed by atoms with Gasteiger partial charge in [0.15, 0.2) is 9.84 Å². The van der Waals surface area contributed by atoms with E-state index in [-0.39, 0.29) is 17.0 Å². The second kappa shape index (κ2) is 8.71. The largest absolute Gasteiger partial charge is 0.350 e. The fraction of sp³-hybridized carbons (Fsp3) is 0.143. The molecule has 0 aliphatic carbocycles. The molecule has 1 aromatic heterocycles. The Kier molecular flexibility index (Phi) is 6.30. The number of benzene rings is 2. The molecule has 0 bridgehead atoms. The molecule has 0 saturated heterocycles. The third-order valence-corrected chi connectivity index (χ3v) is 6.79. The second-order valence-electron chi connectivity index (χ2n) is 6.45. The predicted molar refractivity (Wildman–Crippen MR) is 109 cm³/mol. The number of sulfone groups is 1. The first-order chi connectivity index (χ1) is 13.8. The lowest BCUT2D eigenvalue weighted by Gasteiger charge is -2.19. The van der Waals surface area contributed by atoms with E-state index in [9.17, 15) is 17.6 Å². The van der Waals surface area contributed by atoms with Crippen molar-refractivity contribution in [3.05, 3.63) is 94.5 Å². The van der Waals surface area contributed by atoms with Gasteiger partial charge in [0.1, 0.15) is 11.1 Å². The maximum atomic E-state index is 13.6. The standard InChI is InChI=1S/C21H18ClFN2O3S/c1-14-11-18(8-9-19(14)23)29(27,28)20(16-3-2-10-24-12-16)13-25-21(26)15-4-6-17(22)7-5-15/h2-12,20H,13H2,1H3,(H,25,26)/t20-/m1/s1. The number of aryl methyl sites for hydroxylation is 1. The highest BCUT2D eigenvalue weighted by molar-refractivity contribution is 7.91. The number of rotatable bonds is 6. The fourth-order valence-corrected chi connectivity index (χ4v) is 4.67. The molecule has 1 N–H and O–H groups in total. The number of nitrogens with zero attached hydrogens (tertiary/aromatic N) is 1. The first-order valence-electron chi connectivity index (χ1n) is 8.73. The molecule has 0 spiro atoms. The van der Waals surface area contributed by atoms with Crippen molar-refractivity contribution in [3.8, 4) is 0 Å². The zero-order chi connectivity index (χ0) is 21.0. The molecular weight excluding hydrogens is 415 g/mol. The molecule has 5 nitrogen and oxygen atoms in total. The number of amides is 1. The Balaban J connectivity index is 1.91. The van der Waals surface area contributed by atoms with Crippen molar-refractivity contribution in [3.63, 3.8) is 0 Å². The lowest BCUT2D eigenvalue weighted by molar-refractivity contribution is 0.0953. The Morgan fingerprint density at radius 3 is 2.52 bits per heavy atom. The van der Waals surface area contributed by atoms with Gasteiger partial charge in [0.25, 0.3) is 5.91 Å². The molecule has 0 radical (unpaired) electrons. The summed E-state index contributed by atoms with van der Waals surface area (Å²) in [4.78, 5) is 16.4. The summed E-state index contributed by atoms with van der Waals surface area (Å²) in [6.07, 6.45) is 2.97. The van der Waals surface area contributed by atoms with E-state index in [0.717, 1.165) is 6.07 Å². The summed E-state index contributed by atoms with van der Waals surface area (Å²) in [7, 11) is -3.92. The van der Waals surface area contributed by atoms with Crippen molar-refractivity contribution in [1.82, 2.24) is 10.3 Å². The zero-order valence-electron chi connectivity index (χ0n) is 15.5. The van der Waals surface area contributed by atoms with Crippen molar-refractivity contribution in [2.75, 3.05) is 6.54 Å². The molecule has 1 atom stereocenters. The van der Waals surface area contributed by atoms with Crippen LogP contribution in [0.4, 0.5) is 4.39 Å². The molecule has 1 amide bonds. The van der Waals surface area contributed by atoms with E-state index in [4.69, 9.17) is 11.6 Å². The summed E-state index contributed by atoms with van der Waals surface area (Å²) in [5.41, 5.74) is 1.00. The van der Waals surface area contributed by atoms with E-state index in [1.165, 1.54) is 31.5 Å². The number of aromatic nitrogens is 1. The van der Waals surface area contributed by atoms with E-state index in [0.29, 0.717) is 16.1 Å².